The molecule has 0 fully saturated rings. The summed E-state index contributed by atoms with van der Waals surface area (Å²) >= 11 is 0. The van der Waals surface area contributed by atoms with Gasteiger partial charge < -0.3 is 20.3 Å². The van der Waals surface area contributed by atoms with E-state index in [9.17, 15) is 19.8 Å². The molecule has 0 aromatic rings. The van der Waals surface area contributed by atoms with Gasteiger partial charge in [-0.25, -0.2) is 0 Å². The van der Waals surface area contributed by atoms with Gasteiger partial charge in [0.05, 0.1) is 25.2 Å². The van der Waals surface area contributed by atoms with Gasteiger partial charge in [0.25, 0.3) is 0 Å². The Morgan fingerprint density at radius 2 is 1.11 bits per heavy atom. The number of hydrogen-bond donors (Lipinski definition) is 3. The third kappa shape index (κ3) is 35.8. The Morgan fingerprint density at radius 1 is 0.585 bits per heavy atom. The van der Waals surface area contributed by atoms with E-state index in [1.54, 1.807) is 0 Å². The molecule has 0 aromatic heterocycles. The molecule has 0 aliphatic heterocycles. The monoisotopic (exact) mass is 738 g/mol. The van der Waals surface area contributed by atoms with E-state index < -0.39 is 18.2 Å². The van der Waals surface area contributed by atoms with Crippen LogP contribution < -0.4 is 5.32 Å². The first-order valence-corrected chi connectivity index (χ1v) is 21.4. The molecule has 0 heterocycles. The average molecular weight is 738 g/mol. The lowest BCUT2D eigenvalue weighted by atomic mass is 10.0. The molecule has 0 rings (SSSR count). The predicted molar refractivity (Wildman–Crippen MR) is 227 cm³/mol. The second-order valence-corrected chi connectivity index (χ2v) is 14.1. The summed E-state index contributed by atoms with van der Waals surface area (Å²) in [4.78, 5) is 25.9. The zero-order valence-corrected chi connectivity index (χ0v) is 34.1. The fourth-order valence-electron chi connectivity index (χ4n) is 5.91. The summed E-state index contributed by atoms with van der Waals surface area (Å²) in [5.74, 6) is -0.589. The lowest BCUT2D eigenvalue weighted by molar-refractivity contribution is -0.151. The van der Waals surface area contributed by atoms with Crippen molar-refractivity contribution in [3.05, 3.63) is 85.1 Å². The quantitative estimate of drug-likeness (QED) is 0.0257. The highest BCUT2D eigenvalue weighted by molar-refractivity contribution is 5.77. The minimum atomic E-state index is -0.805. The zero-order chi connectivity index (χ0) is 38.9. The number of aliphatic hydroxyl groups excluding tert-OH is 2. The van der Waals surface area contributed by atoms with Crippen molar-refractivity contribution in [1.82, 2.24) is 5.32 Å². The number of carbonyl (C=O) groups excluding carboxylic acids is 2. The van der Waals surface area contributed by atoms with E-state index in [1.165, 1.54) is 38.5 Å². The summed E-state index contributed by atoms with van der Waals surface area (Å²) in [7, 11) is 0. The zero-order valence-electron chi connectivity index (χ0n) is 34.1. The van der Waals surface area contributed by atoms with Crippen LogP contribution in [-0.2, 0) is 14.3 Å². The van der Waals surface area contributed by atoms with Crippen molar-refractivity contribution in [2.24, 2.45) is 0 Å². The number of rotatable bonds is 36. The Bertz CT molecular complexity index is 1050. The second kappa shape index (κ2) is 40.2. The maximum Gasteiger partial charge on any atom is 0.306 e. The van der Waals surface area contributed by atoms with Gasteiger partial charge in [0, 0.05) is 6.42 Å². The van der Waals surface area contributed by atoms with Gasteiger partial charge in [-0.2, -0.15) is 0 Å². The van der Waals surface area contributed by atoms with Crippen LogP contribution in [0.5, 0.6) is 0 Å². The molecular weight excluding hydrogens is 659 g/mol. The number of unbranched alkanes of at least 4 members (excludes halogenated alkanes) is 14. The highest BCUT2D eigenvalue weighted by atomic mass is 16.5. The average Bonchev–Trinajstić information content (AvgIpc) is 3.15. The first kappa shape index (κ1) is 50.0. The lowest BCUT2D eigenvalue weighted by Crippen LogP contribution is -2.46. The van der Waals surface area contributed by atoms with Crippen LogP contribution in [0.2, 0.25) is 0 Å². The summed E-state index contributed by atoms with van der Waals surface area (Å²) in [6.45, 7) is 6.16. The van der Waals surface area contributed by atoms with Crippen molar-refractivity contribution in [3.8, 4) is 0 Å². The molecule has 0 bridgehead atoms. The van der Waals surface area contributed by atoms with Gasteiger partial charge in [0.2, 0.25) is 5.91 Å². The maximum atomic E-state index is 13.1. The second-order valence-electron chi connectivity index (χ2n) is 14.1. The van der Waals surface area contributed by atoms with Crippen LogP contribution in [0.25, 0.3) is 0 Å². The van der Waals surface area contributed by atoms with Gasteiger partial charge in [-0.15, -0.1) is 0 Å². The Kier molecular flexibility index (Phi) is 38.0. The van der Waals surface area contributed by atoms with Crippen LogP contribution in [0.1, 0.15) is 175 Å². The van der Waals surface area contributed by atoms with E-state index in [1.807, 2.05) is 54.7 Å². The van der Waals surface area contributed by atoms with E-state index in [0.29, 0.717) is 25.7 Å². The van der Waals surface area contributed by atoms with Crippen molar-refractivity contribution >= 4 is 11.9 Å². The SMILES string of the molecule is CC/C=C/C=C/C=C\C=C/C=C/CCCC(=O)OC(CCCCCCC/C=C/C/C=C/CC)CC(=O)NC(CO)C(O)CCCCCCCCCCC. The minimum absolute atomic E-state index is 0.0343. The first-order valence-electron chi connectivity index (χ1n) is 21.4. The van der Waals surface area contributed by atoms with E-state index in [2.05, 4.69) is 56.5 Å². The number of ether oxygens (including phenoxy) is 1. The smallest absolute Gasteiger partial charge is 0.306 e. The van der Waals surface area contributed by atoms with Crippen LogP contribution in [0.15, 0.2) is 85.1 Å². The predicted octanol–water partition coefficient (Wildman–Crippen LogP) is 12.1. The fourth-order valence-corrected chi connectivity index (χ4v) is 5.91. The molecule has 0 aromatic carbocycles. The number of allylic oxidation sites excluding steroid dienone is 14. The lowest BCUT2D eigenvalue weighted by Gasteiger charge is -2.24. The molecule has 0 saturated heterocycles. The molecular formula is C47H79NO5. The van der Waals surface area contributed by atoms with Gasteiger partial charge in [-0.05, 0) is 64.2 Å². The Hall–Kier alpha value is -2.96. The molecule has 0 saturated carbocycles. The largest absolute Gasteiger partial charge is 0.462 e. The third-order valence-electron chi connectivity index (χ3n) is 9.10. The molecule has 3 unspecified atom stereocenters. The van der Waals surface area contributed by atoms with Crippen LogP contribution in [0.3, 0.4) is 0 Å². The van der Waals surface area contributed by atoms with Gasteiger partial charge >= 0.3 is 5.97 Å². The number of hydrogen-bond acceptors (Lipinski definition) is 5. The number of carbonyl (C=O) groups is 2. The van der Waals surface area contributed by atoms with Gasteiger partial charge in [0.1, 0.15) is 6.10 Å². The molecule has 0 radical (unpaired) electrons. The van der Waals surface area contributed by atoms with Crippen molar-refractivity contribution in [3.63, 3.8) is 0 Å². The number of nitrogens with one attached hydrogen (secondary N) is 1. The highest BCUT2D eigenvalue weighted by Crippen LogP contribution is 2.16. The highest BCUT2D eigenvalue weighted by Gasteiger charge is 2.24. The number of amides is 1. The topological polar surface area (TPSA) is 95.9 Å². The van der Waals surface area contributed by atoms with Crippen LogP contribution >= 0.6 is 0 Å². The van der Waals surface area contributed by atoms with Gasteiger partial charge in [0.15, 0.2) is 0 Å². The molecule has 0 spiro atoms. The number of aliphatic hydroxyl groups is 2. The molecule has 6 heteroatoms. The van der Waals surface area contributed by atoms with Crippen LogP contribution in [0, 0.1) is 0 Å². The van der Waals surface area contributed by atoms with Crippen LogP contribution in [-0.4, -0.2) is 46.9 Å². The standard InChI is InChI=1S/C47H79NO5/c1-4-7-10-13-16-19-21-23-25-28-31-34-37-40-47(52)53-43(38-35-32-29-27-24-22-20-17-14-11-8-5-2)41-46(51)48-44(42-49)45(50)39-36-33-30-26-18-15-12-9-6-3/h7-8,10-11,13,16-17,19-21,23,25,28,31,43-45,49-50H,4-6,9,12,14-15,18,22,24,26-27,29-30,32-42H2,1-3H3,(H,48,51)/b10-7+,11-8+,16-13+,20-17+,21-19-,25-23-,31-28+. The molecule has 53 heavy (non-hydrogen) atoms. The van der Waals surface area contributed by atoms with Gasteiger partial charge in [-0.3, -0.25) is 9.59 Å². The summed E-state index contributed by atoms with van der Waals surface area (Å²) in [6, 6.07) is -0.722. The minimum Gasteiger partial charge on any atom is -0.462 e. The molecule has 6 nitrogen and oxygen atoms in total. The molecule has 1 amide bonds. The molecule has 302 valence electrons. The molecule has 3 atom stereocenters. The van der Waals surface area contributed by atoms with Crippen molar-refractivity contribution in [2.75, 3.05) is 6.61 Å². The molecule has 0 aliphatic rings. The van der Waals surface area contributed by atoms with E-state index in [4.69, 9.17) is 4.74 Å². The van der Waals surface area contributed by atoms with Crippen molar-refractivity contribution in [2.45, 2.75) is 193 Å². The molecule has 0 aliphatic carbocycles. The summed E-state index contributed by atoms with van der Waals surface area (Å²) < 4.78 is 5.84. The number of esters is 1. The molecule has 3 N–H and O–H groups in total. The summed E-state index contributed by atoms with van der Waals surface area (Å²) in [5.41, 5.74) is 0. The Labute approximate surface area is 325 Å². The van der Waals surface area contributed by atoms with Crippen molar-refractivity contribution < 1.29 is 24.5 Å². The van der Waals surface area contributed by atoms with Crippen molar-refractivity contribution in [1.29, 1.82) is 0 Å². The Balaban J connectivity index is 4.79. The van der Waals surface area contributed by atoms with E-state index >= 15 is 0 Å². The summed E-state index contributed by atoms with van der Waals surface area (Å²) in [6.07, 6.45) is 50.8. The fraction of sp³-hybridized carbons (Fsp3) is 0.660. The third-order valence-corrected chi connectivity index (χ3v) is 9.10. The normalized spacial score (nSPS) is 14.3. The van der Waals surface area contributed by atoms with Gasteiger partial charge in [-0.1, -0.05) is 183 Å². The first-order chi connectivity index (χ1) is 26.0. The van der Waals surface area contributed by atoms with Crippen LogP contribution in [0.4, 0.5) is 0 Å². The van der Waals surface area contributed by atoms with E-state index in [0.717, 1.165) is 83.5 Å². The Morgan fingerprint density at radius 3 is 1.74 bits per heavy atom. The van der Waals surface area contributed by atoms with E-state index in [-0.39, 0.29) is 24.9 Å². The maximum absolute atomic E-state index is 13.1. The summed E-state index contributed by atoms with van der Waals surface area (Å²) in [5, 5.41) is 23.5.